The predicted molar refractivity (Wildman–Crippen MR) is 57.9 cm³/mol. The Bertz CT molecular complexity index is 394. The molecular weight excluding hydrogens is 214 g/mol. The molecule has 1 aromatic rings. The highest BCUT2D eigenvalue weighted by Crippen LogP contribution is 2.32. The highest BCUT2D eigenvalue weighted by atomic mass is 35.5. The first-order chi connectivity index (χ1) is 7.10. The molecule has 3 nitrogen and oxygen atoms in total. The van der Waals surface area contributed by atoms with Gasteiger partial charge < -0.3 is 10.1 Å². The summed E-state index contributed by atoms with van der Waals surface area (Å²) in [4.78, 5) is 11.2. The zero-order valence-electron chi connectivity index (χ0n) is 8.42. The maximum Gasteiger partial charge on any atom is 0.408 e. The molecule has 0 radical (unpaired) electrons. The molecule has 1 N–H and O–H groups in total. The van der Waals surface area contributed by atoms with E-state index in [4.69, 9.17) is 16.3 Å². The van der Waals surface area contributed by atoms with E-state index in [2.05, 4.69) is 5.32 Å². The third-order valence-electron chi connectivity index (χ3n) is 2.62. The van der Waals surface area contributed by atoms with E-state index >= 15 is 0 Å². The molecule has 1 aromatic carbocycles. The molecule has 1 unspecified atom stereocenters. The van der Waals surface area contributed by atoms with Crippen LogP contribution >= 0.6 is 11.6 Å². The summed E-state index contributed by atoms with van der Waals surface area (Å²) in [7, 11) is 0. The number of carbonyl (C=O) groups excluding carboxylic acids is 1. The van der Waals surface area contributed by atoms with Crippen molar-refractivity contribution in [1.82, 2.24) is 5.32 Å². The molecule has 1 saturated heterocycles. The third-order valence-corrected chi connectivity index (χ3v) is 2.86. The van der Waals surface area contributed by atoms with Crippen molar-refractivity contribution in [2.75, 3.05) is 6.54 Å². The number of rotatable bonds is 1. The fourth-order valence-electron chi connectivity index (χ4n) is 1.72. The Morgan fingerprint density at radius 3 is 3.00 bits per heavy atom. The number of amides is 1. The van der Waals surface area contributed by atoms with Crippen LogP contribution in [0, 0.1) is 0 Å². The highest BCUT2D eigenvalue weighted by molar-refractivity contribution is 6.30. The SMILES string of the molecule is CC1(c2cccc(Cl)c2)CCNC(=O)O1. The molecule has 0 aliphatic carbocycles. The minimum atomic E-state index is -0.562. The average molecular weight is 226 g/mol. The molecule has 1 aliphatic rings. The van der Waals surface area contributed by atoms with Crippen LogP contribution in [-0.4, -0.2) is 12.6 Å². The zero-order chi connectivity index (χ0) is 10.9. The zero-order valence-corrected chi connectivity index (χ0v) is 9.17. The summed E-state index contributed by atoms with van der Waals surface area (Å²) in [5, 5.41) is 3.28. The molecule has 15 heavy (non-hydrogen) atoms. The number of benzene rings is 1. The van der Waals surface area contributed by atoms with E-state index < -0.39 is 5.60 Å². The second-order valence-electron chi connectivity index (χ2n) is 3.81. The van der Waals surface area contributed by atoms with Crippen LogP contribution in [0.4, 0.5) is 4.79 Å². The van der Waals surface area contributed by atoms with Gasteiger partial charge >= 0.3 is 6.09 Å². The number of alkyl carbamates (subject to hydrolysis) is 1. The van der Waals surface area contributed by atoms with Crippen LogP contribution in [0.3, 0.4) is 0 Å². The Labute approximate surface area is 93.4 Å². The van der Waals surface area contributed by atoms with E-state index in [1.165, 1.54) is 0 Å². The first-order valence-corrected chi connectivity index (χ1v) is 5.21. The van der Waals surface area contributed by atoms with Crippen molar-refractivity contribution in [2.24, 2.45) is 0 Å². The van der Waals surface area contributed by atoms with E-state index in [0.29, 0.717) is 11.6 Å². The van der Waals surface area contributed by atoms with Crippen LogP contribution in [0.1, 0.15) is 18.9 Å². The van der Waals surface area contributed by atoms with Gasteiger partial charge in [0.15, 0.2) is 0 Å². The summed E-state index contributed by atoms with van der Waals surface area (Å²) in [6.45, 7) is 2.53. The lowest BCUT2D eigenvalue weighted by Crippen LogP contribution is -2.43. The third kappa shape index (κ3) is 2.07. The van der Waals surface area contributed by atoms with E-state index in [-0.39, 0.29) is 6.09 Å². The Morgan fingerprint density at radius 2 is 2.33 bits per heavy atom. The van der Waals surface area contributed by atoms with E-state index in [0.717, 1.165) is 12.0 Å². The molecule has 0 bridgehead atoms. The summed E-state index contributed by atoms with van der Waals surface area (Å²) in [5.74, 6) is 0. The fraction of sp³-hybridized carbons (Fsp3) is 0.364. The van der Waals surface area contributed by atoms with Crippen LogP contribution in [0.25, 0.3) is 0 Å². The molecule has 1 heterocycles. The van der Waals surface area contributed by atoms with Crippen molar-refractivity contribution in [1.29, 1.82) is 0 Å². The van der Waals surface area contributed by atoms with Crippen molar-refractivity contribution in [3.05, 3.63) is 34.9 Å². The van der Waals surface area contributed by atoms with Gasteiger partial charge in [-0.15, -0.1) is 0 Å². The molecule has 0 spiro atoms. The van der Waals surface area contributed by atoms with Gasteiger partial charge in [0.25, 0.3) is 0 Å². The minimum Gasteiger partial charge on any atom is -0.438 e. The van der Waals surface area contributed by atoms with Gasteiger partial charge in [0.05, 0.1) is 0 Å². The molecule has 2 rings (SSSR count). The summed E-state index contributed by atoms with van der Waals surface area (Å²) in [5.41, 5.74) is 0.373. The van der Waals surface area contributed by atoms with Crippen LogP contribution < -0.4 is 5.32 Å². The Balaban J connectivity index is 2.32. The van der Waals surface area contributed by atoms with Gasteiger partial charge in [-0.2, -0.15) is 0 Å². The van der Waals surface area contributed by atoms with Gasteiger partial charge in [0.1, 0.15) is 5.60 Å². The van der Waals surface area contributed by atoms with Crippen LogP contribution in [0.2, 0.25) is 5.02 Å². The second-order valence-corrected chi connectivity index (χ2v) is 4.24. The molecule has 1 amide bonds. The maximum absolute atomic E-state index is 11.2. The number of nitrogens with one attached hydrogen (secondary N) is 1. The van der Waals surface area contributed by atoms with Gasteiger partial charge in [-0.3, -0.25) is 0 Å². The van der Waals surface area contributed by atoms with E-state index in [1.807, 2.05) is 25.1 Å². The summed E-state index contributed by atoms with van der Waals surface area (Å²) in [6.07, 6.45) is 0.378. The molecule has 0 aromatic heterocycles. The Kier molecular flexibility index (Phi) is 2.57. The standard InChI is InChI=1S/C11H12ClNO2/c1-11(5-6-13-10(14)15-11)8-3-2-4-9(12)7-8/h2-4,7H,5-6H2,1H3,(H,13,14). The smallest absolute Gasteiger partial charge is 0.408 e. The summed E-state index contributed by atoms with van der Waals surface area (Å²) in [6, 6.07) is 7.42. The van der Waals surface area contributed by atoms with Gasteiger partial charge in [-0.25, -0.2) is 4.79 Å². The van der Waals surface area contributed by atoms with Gasteiger partial charge in [0.2, 0.25) is 0 Å². The number of ether oxygens (including phenoxy) is 1. The monoisotopic (exact) mass is 225 g/mol. The van der Waals surface area contributed by atoms with Crippen LogP contribution in [-0.2, 0) is 10.3 Å². The lowest BCUT2D eigenvalue weighted by Gasteiger charge is -2.34. The molecule has 80 valence electrons. The number of cyclic esters (lactones) is 1. The summed E-state index contributed by atoms with van der Waals surface area (Å²) < 4.78 is 5.31. The van der Waals surface area contributed by atoms with Crippen LogP contribution in [0.15, 0.2) is 24.3 Å². The highest BCUT2D eigenvalue weighted by Gasteiger charge is 2.34. The van der Waals surface area contributed by atoms with Crippen molar-refractivity contribution < 1.29 is 9.53 Å². The lowest BCUT2D eigenvalue weighted by molar-refractivity contribution is -0.00273. The molecule has 1 fully saturated rings. The quantitative estimate of drug-likeness (QED) is 0.798. The Hall–Kier alpha value is -1.22. The van der Waals surface area contributed by atoms with E-state index in [1.54, 1.807) is 6.07 Å². The van der Waals surface area contributed by atoms with E-state index in [9.17, 15) is 4.79 Å². The van der Waals surface area contributed by atoms with Crippen molar-refractivity contribution in [3.63, 3.8) is 0 Å². The summed E-state index contributed by atoms with van der Waals surface area (Å²) >= 11 is 5.91. The predicted octanol–water partition coefficient (Wildman–Crippen LogP) is 2.69. The maximum atomic E-state index is 11.2. The Morgan fingerprint density at radius 1 is 1.53 bits per heavy atom. The molecule has 4 heteroatoms. The van der Waals surface area contributed by atoms with Gasteiger partial charge in [0, 0.05) is 18.0 Å². The minimum absolute atomic E-state index is 0.372. The molecule has 1 aliphatic heterocycles. The first-order valence-electron chi connectivity index (χ1n) is 4.83. The van der Waals surface area contributed by atoms with Crippen molar-refractivity contribution >= 4 is 17.7 Å². The normalized spacial score (nSPS) is 25.6. The van der Waals surface area contributed by atoms with Crippen molar-refractivity contribution in [3.8, 4) is 0 Å². The number of hydrogen-bond donors (Lipinski definition) is 1. The van der Waals surface area contributed by atoms with Gasteiger partial charge in [-0.1, -0.05) is 23.7 Å². The molecule has 0 saturated carbocycles. The molecular formula is C11H12ClNO2. The fourth-order valence-corrected chi connectivity index (χ4v) is 1.91. The second kappa shape index (κ2) is 3.74. The van der Waals surface area contributed by atoms with Crippen molar-refractivity contribution in [2.45, 2.75) is 18.9 Å². The lowest BCUT2D eigenvalue weighted by atomic mass is 9.91. The number of carbonyl (C=O) groups is 1. The average Bonchev–Trinajstić information content (AvgIpc) is 2.17. The number of hydrogen-bond acceptors (Lipinski definition) is 2. The largest absolute Gasteiger partial charge is 0.438 e. The molecule has 1 atom stereocenters. The first kappa shape index (κ1) is 10.3. The topological polar surface area (TPSA) is 38.3 Å². The van der Waals surface area contributed by atoms with Crippen LogP contribution in [0.5, 0.6) is 0 Å². The number of halogens is 1. The van der Waals surface area contributed by atoms with Gasteiger partial charge in [-0.05, 0) is 24.6 Å².